The van der Waals surface area contributed by atoms with Crippen molar-refractivity contribution in [2.24, 2.45) is 0 Å². The van der Waals surface area contributed by atoms with Crippen LogP contribution in [0.1, 0.15) is 6.42 Å². The van der Waals surface area contributed by atoms with Gasteiger partial charge in [0.25, 0.3) is 10.0 Å². The van der Waals surface area contributed by atoms with E-state index in [2.05, 4.69) is 5.32 Å². The van der Waals surface area contributed by atoms with E-state index in [9.17, 15) is 13.2 Å². The molecule has 0 fully saturated rings. The second-order valence-corrected chi connectivity index (χ2v) is 8.78. The number of benzene rings is 2. The van der Waals surface area contributed by atoms with E-state index in [1.165, 1.54) is 23.1 Å². The molecule has 27 heavy (non-hydrogen) atoms. The topological polar surface area (TPSA) is 75.7 Å². The first kappa shape index (κ1) is 21.3. The number of amides is 1. The van der Waals surface area contributed by atoms with Crippen LogP contribution in [0, 0.1) is 0 Å². The average Bonchev–Trinajstić information content (AvgIpc) is 2.70. The molecule has 2 aromatic rings. The summed E-state index contributed by atoms with van der Waals surface area (Å²) in [4.78, 5) is 12.8. The highest BCUT2D eigenvalue weighted by molar-refractivity contribution is 8.00. The number of carbonyl (C=O) groups excluding carboxylic acids is 1. The van der Waals surface area contributed by atoms with Crippen molar-refractivity contribution >= 4 is 33.4 Å². The SMILES string of the molecule is COCCCNC(=O)CSc1ccc(S(=O)(=O)N(C)c2ccccc2)cc1. The molecule has 2 aromatic carbocycles. The molecule has 0 radical (unpaired) electrons. The predicted molar refractivity (Wildman–Crippen MR) is 109 cm³/mol. The Labute approximate surface area is 165 Å². The number of ether oxygens (including phenoxy) is 1. The third kappa shape index (κ3) is 6.27. The molecule has 0 unspecified atom stereocenters. The largest absolute Gasteiger partial charge is 0.385 e. The summed E-state index contributed by atoms with van der Waals surface area (Å²) in [6.07, 6.45) is 0.772. The van der Waals surface area contributed by atoms with E-state index in [-0.39, 0.29) is 16.6 Å². The van der Waals surface area contributed by atoms with Crippen molar-refractivity contribution in [3.63, 3.8) is 0 Å². The zero-order valence-electron chi connectivity index (χ0n) is 15.4. The van der Waals surface area contributed by atoms with E-state index in [1.54, 1.807) is 55.6 Å². The minimum atomic E-state index is -3.62. The molecule has 0 aliphatic carbocycles. The Morgan fingerprint density at radius 3 is 2.41 bits per heavy atom. The van der Waals surface area contributed by atoms with Gasteiger partial charge in [-0.2, -0.15) is 0 Å². The molecule has 0 saturated carbocycles. The lowest BCUT2D eigenvalue weighted by atomic mass is 10.3. The fourth-order valence-corrected chi connectivity index (χ4v) is 4.21. The third-order valence-electron chi connectivity index (χ3n) is 3.82. The van der Waals surface area contributed by atoms with Crippen LogP contribution in [0.4, 0.5) is 5.69 Å². The molecule has 0 spiro atoms. The van der Waals surface area contributed by atoms with Gasteiger partial charge in [0.15, 0.2) is 0 Å². The van der Waals surface area contributed by atoms with Crippen molar-refractivity contribution in [2.45, 2.75) is 16.2 Å². The Balaban J connectivity index is 1.93. The molecule has 6 nitrogen and oxygen atoms in total. The zero-order valence-corrected chi connectivity index (χ0v) is 17.1. The summed E-state index contributed by atoms with van der Waals surface area (Å²) < 4.78 is 31.6. The van der Waals surface area contributed by atoms with Gasteiger partial charge in [-0.25, -0.2) is 8.42 Å². The Hall–Kier alpha value is -2.03. The first-order valence-electron chi connectivity index (χ1n) is 8.47. The zero-order chi connectivity index (χ0) is 19.7. The fraction of sp³-hybridized carbons (Fsp3) is 0.316. The van der Waals surface area contributed by atoms with Crippen LogP contribution in [0.2, 0.25) is 0 Å². The number of carbonyl (C=O) groups is 1. The maximum absolute atomic E-state index is 12.7. The van der Waals surface area contributed by atoms with Gasteiger partial charge in [0.1, 0.15) is 0 Å². The van der Waals surface area contributed by atoms with Gasteiger partial charge in [0, 0.05) is 32.2 Å². The molecule has 1 amide bonds. The van der Waals surface area contributed by atoms with E-state index in [0.29, 0.717) is 18.8 Å². The first-order valence-corrected chi connectivity index (χ1v) is 10.9. The highest BCUT2D eigenvalue weighted by Crippen LogP contribution is 2.24. The predicted octanol–water partition coefficient (Wildman–Crippen LogP) is 2.76. The van der Waals surface area contributed by atoms with Gasteiger partial charge in [-0.15, -0.1) is 11.8 Å². The summed E-state index contributed by atoms with van der Waals surface area (Å²) in [7, 11) is -0.471. The van der Waals surface area contributed by atoms with Crippen molar-refractivity contribution in [3.8, 4) is 0 Å². The minimum Gasteiger partial charge on any atom is -0.385 e. The van der Waals surface area contributed by atoms with E-state index >= 15 is 0 Å². The molecule has 2 rings (SSSR count). The fourth-order valence-electron chi connectivity index (χ4n) is 2.29. The van der Waals surface area contributed by atoms with Crippen molar-refractivity contribution < 1.29 is 17.9 Å². The van der Waals surface area contributed by atoms with Crippen LogP contribution in [-0.2, 0) is 19.6 Å². The third-order valence-corrected chi connectivity index (χ3v) is 6.63. The Bertz CT molecular complexity index is 825. The number of methoxy groups -OCH3 is 1. The molecular weight excluding hydrogens is 384 g/mol. The number of rotatable bonds is 10. The molecule has 1 N–H and O–H groups in total. The van der Waals surface area contributed by atoms with Gasteiger partial charge in [0.05, 0.1) is 16.3 Å². The van der Waals surface area contributed by atoms with E-state index in [1.807, 2.05) is 6.07 Å². The van der Waals surface area contributed by atoms with E-state index < -0.39 is 10.0 Å². The molecule has 0 atom stereocenters. The lowest BCUT2D eigenvalue weighted by molar-refractivity contribution is -0.118. The van der Waals surface area contributed by atoms with Gasteiger partial charge >= 0.3 is 0 Å². The second-order valence-electron chi connectivity index (χ2n) is 5.76. The van der Waals surface area contributed by atoms with Gasteiger partial charge in [-0.05, 0) is 42.8 Å². The van der Waals surface area contributed by atoms with E-state index in [0.717, 1.165) is 11.3 Å². The number of nitrogens with zero attached hydrogens (tertiary/aromatic N) is 1. The Kier molecular flexibility index (Phi) is 8.15. The standard InChI is InChI=1S/C19H24N2O4S2/c1-21(16-7-4-3-5-8-16)27(23,24)18-11-9-17(10-12-18)26-15-19(22)20-13-6-14-25-2/h3-5,7-12H,6,13-15H2,1-2H3,(H,20,22). The number of hydrogen-bond acceptors (Lipinski definition) is 5. The lowest BCUT2D eigenvalue weighted by Gasteiger charge is -2.19. The maximum Gasteiger partial charge on any atom is 0.264 e. The van der Waals surface area contributed by atoms with Crippen LogP contribution in [0.5, 0.6) is 0 Å². The molecule has 0 aromatic heterocycles. The van der Waals surface area contributed by atoms with Gasteiger partial charge in [0.2, 0.25) is 5.91 Å². The molecule has 0 bridgehead atoms. The molecule has 8 heteroatoms. The smallest absolute Gasteiger partial charge is 0.264 e. The summed E-state index contributed by atoms with van der Waals surface area (Å²) >= 11 is 1.36. The monoisotopic (exact) mass is 408 g/mol. The minimum absolute atomic E-state index is 0.0587. The summed E-state index contributed by atoms with van der Waals surface area (Å²) in [5, 5.41) is 2.81. The van der Waals surface area contributed by atoms with Crippen molar-refractivity contribution in [2.75, 3.05) is 37.4 Å². The van der Waals surface area contributed by atoms with Crippen LogP contribution in [0.25, 0.3) is 0 Å². The van der Waals surface area contributed by atoms with Crippen molar-refractivity contribution in [1.82, 2.24) is 5.32 Å². The molecule has 146 valence electrons. The molecule has 0 heterocycles. The molecule has 0 saturated heterocycles. The normalized spacial score (nSPS) is 11.2. The average molecular weight is 409 g/mol. The van der Waals surface area contributed by atoms with Crippen LogP contribution in [0.15, 0.2) is 64.4 Å². The summed E-state index contributed by atoms with van der Waals surface area (Å²) in [5.74, 6) is 0.222. The number of anilines is 1. The Morgan fingerprint density at radius 1 is 1.11 bits per heavy atom. The van der Waals surface area contributed by atoms with Gasteiger partial charge in [-0.3, -0.25) is 9.10 Å². The van der Waals surface area contributed by atoms with Gasteiger partial charge in [-0.1, -0.05) is 18.2 Å². The molecular formula is C19H24N2O4S2. The summed E-state index contributed by atoms with van der Waals surface area (Å²) in [5.41, 5.74) is 0.598. The second kappa shape index (κ2) is 10.3. The van der Waals surface area contributed by atoms with Gasteiger partial charge < -0.3 is 10.1 Å². The van der Waals surface area contributed by atoms with Crippen molar-refractivity contribution in [1.29, 1.82) is 0 Å². The first-order chi connectivity index (χ1) is 12.9. The van der Waals surface area contributed by atoms with Crippen LogP contribution < -0.4 is 9.62 Å². The number of sulfonamides is 1. The van der Waals surface area contributed by atoms with E-state index in [4.69, 9.17) is 4.74 Å². The summed E-state index contributed by atoms with van der Waals surface area (Å²) in [6, 6.07) is 15.5. The molecule has 0 aliphatic heterocycles. The number of thioether (sulfide) groups is 1. The molecule has 0 aliphatic rings. The number of para-hydroxylation sites is 1. The lowest BCUT2D eigenvalue weighted by Crippen LogP contribution is -2.27. The van der Waals surface area contributed by atoms with Crippen molar-refractivity contribution in [3.05, 3.63) is 54.6 Å². The number of hydrogen-bond donors (Lipinski definition) is 1. The highest BCUT2D eigenvalue weighted by atomic mass is 32.2. The highest BCUT2D eigenvalue weighted by Gasteiger charge is 2.21. The van der Waals surface area contributed by atoms with Crippen LogP contribution in [-0.4, -0.2) is 47.4 Å². The summed E-state index contributed by atoms with van der Waals surface area (Å²) in [6.45, 7) is 1.19. The quantitative estimate of drug-likeness (QED) is 0.483. The van der Waals surface area contributed by atoms with Crippen LogP contribution >= 0.6 is 11.8 Å². The Morgan fingerprint density at radius 2 is 1.78 bits per heavy atom. The maximum atomic E-state index is 12.7. The number of nitrogens with one attached hydrogen (secondary N) is 1. The van der Waals surface area contributed by atoms with Crippen LogP contribution in [0.3, 0.4) is 0 Å².